The van der Waals surface area contributed by atoms with E-state index >= 15 is 0 Å². The van der Waals surface area contributed by atoms with Gasteiger partial charge in [-0.3, -0.25) is 0 Å². The molecule has 0 bridgehead atoms. The summed E-state index contributed by atoms with van der Waals surface area (Å²) in [6, 6.07) is 28.6. The molecule has 0 aliphatic rings. The van der Waals surface area contributed by atoms with E-state index < -0.39 is 0 Å². The van der Waals surface area contributed by atoms with Gasteiger partial charge in [0.15, 0.2) is 0 Å². The van der Waals surface area contributed by atoms with Crippen molar-refractivity contribution >= 4 is 12.2 Å². The van der Waals surface area contributed by atoms with Crippen LogP contribution in [-0.4, -0.2) is 0 Å². The van der Waals surface area contributed by atoms with Gasteiger partial charge in [-0.05, 0) is 0 Å². The molecule has 0 spiro atoms. The van der Waals surface area contributed by atoms with Crippen LogP contribution in [0.15, 0.2) is 84.9 Å². The van der Waals surface area contributed by atoms with Crippen molar-refractivity contribution in [2.24, 2.45) is 0 Å². The summed E-state index contributed by atoms with van der Waals surface area (Å²) in [4.78, 5) is 0. The minimum Gasteiger partial charge on any atom is -0.214 e. The first-order valence-corrected chi connectivity index (χ1v) is 6.07. The van der Waals surface area contributed by atoms with Gasteiger partial charge in [-0.25, -0.2) is 12.1 Å². The molecule has 19 heavy (non-hydrogen) atoms. The van der Waals surface area contributed by atoms with Crippen LogP contribution in [0.3, 0.4) is 0 Å². The van der Waals surface area contributed by atoms with Crippen LogP contribution in [0, 0.1) is 0 Å². The molecule has 0 unspecified atom stereocenters. The number of rotatable bonds is 2. The monoisotopic (exact) mass is 288 g/mol. The van der Waals surface area contributed by atoms with Gasteiger partial charge in [-0.1, -0.05) is 35.9 Å². The topological polar surface area (TPSA) is 0 Å². The minimum absolute atomic E-state index is 0. The van der Waals surface area contributed by atoms with E-state index in [9.17, 15) is 0 Å². The van der Waals surface area contributed by atoms with Crippen molar-refractivity contribution in [1.29, 1.82) is 0 Å². The van der Waals surface area contributed by atoms with Gasteiger partial charge in [-0.2, -0.15) is 30.3 Å². The molecular weight excluding hydrogens is 272 g/mol. The second-order valence-corrected chi connectivity index (χ2v) is 3.92. The predicted molar refractivity (Wildman–Crippen MR) is 79.4 cm³/mol. The first-order valence-electron chi connectivity index (χ1n) is 6.07. The average Bonchev–Trinajstić information content (AvgIpc) is 3.13. The molecule has 0 saturated heterocycles. The van der Waals surface area contributed by atoms with Gasteiger partial charge in [0.2, 0.25) is 0 Å². The van der Waals surface area contributed by atoms with E-state index in [1.54, 1.807) is 0 Å². The van der Waals surface area contributed by atoms with Gasteiger partial charge >= 0.3 is 17.1 Å². The van der Waals surface area contributed by atoms with Gasteiger partial charge in [0.05, 0.1) is 0 Å². The Morgan fingerprint density at radius 1 is 0.789 bits per heavy atom. The van der Waals surface area contributed by atoms with Crippen LogP contribution in [0.5, 0.6) is 0 Å². The van der Waals surface area contributed by atoms with Gasteiger partial charge in [0, 0.05) is 0 Å². The molecule has 0 aromatic heterocycles. The smallest absolute Gasteiger partial charge is 0.214 e. The van der Waals surface area contributed by atoms with Crippen LogP contribution in [0.2, 0.25) is 0 Å². The average molecular weight is 288 g/mol. The molecule has 0 nitrogen and oxygen atoms in total. The van der Waals surface area contributed by atoms with E-state index in [1.807, 2.05) is 60.7 Å². The Balaban J connectivity index is 0.000000256. The molecule has 0 aliphatic carbocycles. The quantitative estimate of drug-likeness (QED) is 0.461. The van der Waals surface area contributed by atoms with Gasteiger partial charge in [0.1, 0.15) is 0 Å². The van der Waals surface area contributed by atoms with Crippen molar-refractivity contribution in [1.82, 2.24) is 0 Å². The molecule has 0 N–H and O–H groups in total. The van der Waals surface area contributed by atoms with Crippen molar-refractivity contribution < 1.29 is 17.1 Å². The van der Waals surface area contributed by atoms with Crippen molar-refractivity contribution in [3.8, 4) is 0 Å². The number of hydrogen-bond donors (Lipinski definition) is 0. The van der Waals surface area contributed by atoms with Gasteiger partial charge in [-0.15, -0.1) is 29.8 Å². The zero-order chi connectivity index (χ0) is 12.5. The van der Waals surface area contributed by atoms with E-state index in [4.69, 9.17) is 0 Å². The molecule has 0 saturated carbocycles. The molecule has 3 aromatic carbocycles. The zero-order valence-electron chi connectivity index (χ0n) is 10.6. The first kappa shape index (κ1) is 15.2. The molecule has 0 heterocycles. The SMILES string of the molecule is C(=C[c-]1cccc1)c1ccccc1.[Fe+2].c1cc[cH-]c1. The van der Waals surface area contributed by atoms with Crippen LogP contribution >= 0.6 is 0 Å². The third-order valence-corrected chi connectivity index (χ3v) is 2.51. The van der Waals surface area contributed by atoms with Crippen LogP contribution in [-0.2, 0) is 17.1 Å². The van der Waals surface area contributed by atoms with E-state index in [0.717, 1.165) is 0 Å². The zero-order valence-corrected chi connectivity index (χ0v) is 11.7. The fraction of sp³-hybridized carbons (Fsp3) is 0. The summed E-state index contributed by atoms with van der Waals surface area (Å²) in [6.07, 6.45) is 4.24. The number of hydrogen-bond acceptors (Lipinski definition) is 0. The van der Waals surface area contributed by atoms with E-state index in [0.29, 0.717) is 0 Å². The Hall–Kier alpha value is -1.82. The fourth-order valence-corrected chi connectivity index (χ4v) is 1.58. The first-order chi connectivity index (χ1) is 8.95. The Bertz CT molecular complexity index is 513. The van der Waals surface area contributed by atoms with Crippen molar-refractivity contribution in [3.05, 3.63) is 96.1 Å². The summed E-state index contributed by atoms with van der Waals surface area (Å²) < 4.78 is 0. The molecular formula is C18H16Fe. The Kier molecular flexibility index (Phi) is 7.34. The Morgan fingerprint density at radius 3 is 1.95 bits per heavy atom. The summed E-state index contributed by atoms with van der Waals surface area (Å²) in [5, 5.41) is 0. The molecule has 0 aliphatic heterocycles. The second kappa shape index (κ2) is 9.16. The summed E-state index contributed by atoms with van der Waals surface area (Å²) in [6.45, 7) is 0. The minimum atomic E-state index is 0. The molecule has 3 aromatic rings. The maximum Gasteiger partial charge on any atom is 2.00 e. The third-order valence-electron chi connectivity index (χ3n) is 2.51. The Morgan fingerprint density at radius 2 is 1.42 bits per heavy atom. The Labute approximate surface area is 125 Å². The molecule has 0 atom stereocenters. The van der Waals surface area contributed by atoms with Crippen LogP contribution in [0.25, 0.3) is 12.2 Å². The standard InChI is InChI=1S/C13H11.C5H5.Fe/c1-2-6-12(7-3-1)10-11-13-8-4-5-9-13;1-2-4-5-3-1;/h1-11H;1-5H;/q2*-1;+2. The van der Waals surface area contributed by atoms with E-state index in [-0.39, 0.29) is 17.1 Å². The van der Waals surface area contributed by atoms with Gasteiger partial charge in [0.25, 0.3) is 0 Å². The second-order valence-electron chi connectivity index (χ2n) is 3.92. The van der Waals surface area contributed by atoms with Crippen LogP contribution < -0.4 is 0 Å². The molecule has 0 fully saturated rings. The largest absolute Gasteiger partial charge is 2.00 e. The third kappa shape index (κ3) is 6.05. The normalized spacial score (nSPS) is 9.47. The maximum absolute atomic E-state index is 2.12. The molecule has 0 radical (unpaired) electrons. The molecule has 96 valence electrons. The maximum atomic E-state index is 2.12. The van der Waals surface area contributed by atoms with E-state index in [2.05, 4.69) is 36.4 Å². The van der Waals surface area contributed by atoms with E-state index in [1.165, 1.54) is 11.1 Å². The number of benzene rings is 1. The molecule has 3 rings (SSSR count). The predicted octanol–water partition coefficient (Wildman–Crippen LogP) is 4.98. The van der Waals surface area contributed by atoms with Crippen molar-refractivity contribution in [3.63, 3.8) is 0 Å². The molecule has 1 heteroatoms. The summed E-state index contributed by atoms with van der Waals surface area (Å²) in [5.41, 5.74) is 2.49. The van der Waals surface area contributed by atoms with Gasteiger partial charge < -0.3 is 0 Å². The van der Waals surface area contributed by atoms with Crippen LogP contribution in [0.1, 0.15) is 11.1 Å². The van der Waals surface area contributed by atoms with Crippen molar-refractivity contribution in [2.45, 2.75) is 0 Å². The summed E-state index contributed by atoms with van der Waals surface area (Å²) in [7, 11) is 0. The molecule has 0 amide bonds. The summed E-state index contributed by atoms with van der Waals surface area (Å²) >= 11 is 0. The fourth-order valence-electron chi connectivity index (χ4n) is 1.58. The van der Waals surface area contributed by atoms with Crippen LogP contribution in [0.4, 0.5) is 0 Å². The summed E-state index contributed by atoms with van der Waals surface area (Å²) in [5.74, 6) is 0. The van der Waals surface area contributed by atoms with Crippen molar-refractivity contribution in [2.75, 3.05) is 0 Å².